The highest BCUT2D eigenvalue weighted by atomic mass is 32.2. The van der Waals surface area contributed by atoms with Crippen molar-refractivity contribution in [3.63, 3.8) is 0 Å². The van der Waals surface area contributed by atoms with Crippen LogP contribution in [0.1, 0.15) is 18.4 Å². The van der Waals surface area contributed by atoms with Gasteiger partial charge in [-0.15, -0.1) is 0 Å². The minimum atomic E-state index is -3.56. The van der Waals surface area contributed by atoms with Crippen LogP contribution in [-0.4, -0.2) is 36.9 Å². The van der Waals surface area contributed by atoms with Crippen LogP contribution in [0.4, 0.5) is 0 Å². The van der Waals surface area contributed by atoms with Crippen molar-refractivity contribution in [2.75, 3.05) is 11.5 Å². The summed E-state index contributed by atoms with van der Waals surface area (Å²) in [4.78, 5) is 21.8. The Morgan fingerprint density at radius 1 is 1.15 bits per heavy atom. The molecule has 0 saturated carbocycles. The second kappa shape index (κ2) is 7.64. The third-order valence-corrected chi connectivity index (χ3v) is 4.14. The number of sulfone groups is 1. The molecule has 0 bridgehead atoms. The molecule has 0 aliphatic carbocycles. The molecule has 6 nitrogen and oxygen atoms in total. The number of carboxylic acids is 1. The van der Waals surface area contributed by atoms with Gasteiger partial charge in [0.15, 0.2) is 9.84 Å². The summed E-state index contributed by atoms with van der Waals surface area (Å²) < 4.78 is 23.2. The number of benzene rings is 1. The predicted molar refractivity (Wildman–Crippen MR) is 73.8 cm³/mol. The Morgan fingerprint density at radius 2 is 1.80 bits per heavy atom. The SMILES string of the molecule is O=C(O)CCCS(=O)(=O)CC(=O)NCc1ccccc1. The summed E-state index contributed by atoms with van der Waals surface area (Å²) in [7, 11) is -3.56. The van der Waals surface area contributed by atoms with E-state index in [1.165, 1.54) is 0 Å². The Morgan fingerprint density at radius 3 is 2.40 bits per heavy atom. The predicted octanol–water partition coefficient (Wildman–Crippen LogP) is 0.582. The van der Waals surface area contributed by atoms with Gasteiger partial charge in [0.2, 0.25) is 5.91 Å². The molecule has 0 aliphatic rings. The number of carbonyl (C=O) groups excluding carboxylic acids is 1. The van der Waals surface area contributed by atoms with Crippen molar-refractivity contribution in [3.05, 3.63) is 35.9 Å². The molecule has 110 valence electrons. The molecule has 1 rings (SSSR count). The summed E-state index contributed by atoms with van der Waals surface area (Å²) in [6.07, 6.45) is -0.200. The van der Waals surface area contributed by atoms with Gasteiger partial charge in [-0.3, -0.25) is 9.59 Å². The van der Waals surface area contributed by atoms with E-state index in [9.17, 15) is 18.0 Å². The van der Waals surface area contributed by atoms with Gasteiger partial charge < -0.3 is 10.4 Å². The number of aliphatic carboxylic acids is 1. The molecule has 0 heterocycles. The molecule has 0 aromatic heterocycles. The van der Waals surface area contributed by atoms with Crippen LogP contribution in [0.5, 0.6) is 0 Å². The zero-order valence-electron chi connectivity index (χ0n) is 10.9. The average Bonchev–Trinajstić information content (AvgIpc) is 2.36. The highest BCUT2D eigenvalue weighted by Crippen LogP contribution is 2.00. The van der Waals surface area contributed by atoms with Gasteiger partial charge in [-0.05, 0) is 12.0 Å². The van der Waals surface area contributed by atoms with Gasteiger partial charge in [0.1, 0.15) is 5.75 Å². The molecule has 2 N–H and O–H groups in total. The lowest BCUT2D eigenvalue weighted by Gasteiger charge is -2.06. The van der Waals surface area contributed by atoms with Crippen molar-refractivity contribution in [3.8, 4) is 0 Å². The first-order valence-electron chi connectivity index (χ1n) is 6.12. The molecule has 0 unspecified atom stereocenters. The molecule has 0 atom stereocenters. The van der Waals surface area contributed by atoms with Gasteiger partial charge in [0, 0.05) is 13.0 Å². The van der Waals surface area contributed by atoms with E-state index in [1.54, 1.807) is 0 Å². The molecule has 1 aromatic carbocycles. The number of hydrogen-bond donors (Lipinski definition) is 2. The fourth-order valence-electron chi connectivity index (χ4n) is 1.56. The second-order valence-corrected chi connectivity index (χ2v) is 6.54. The average molecular weight is 299 g/mol. The molecule has 0 spiro atoms. The molecular formula is C13H17NO5S. The molecule has 7 heteroatoms. The minimum Gasteiger partial charge on any atom is -0.481 e. The van der Waals surface area contributed by atoms with Gasteiger partial charge in [-0.1, -0.05) is 30.3 Å². The number of rotatable bonds is 8. The van der Waals surface area contributed by atoms with Crippen molar-refractivity contribution in [1.82, 2.24) is 5.32 Å². The fourth-order valence-corrected chi connectivity index (χ4v) is 2.79. The number of nitrogens with one attached hydrogen (secondary N) is 1. The van der Waals surface area contributed by atoms with Crippen molar-refractivity contribution in [1.29, 1.82) is 0 Å². The first-order valence-corrected chi connectivity index (χ1v) is 7.94. The lowest BCUT2D eigenvalue weighted by Crippen LogP contribution is -2.31. The van der Waals surface area contributed by atoms with Gasteiger partial charge in [0.25, 0.3) is 0 Å². The van der Waals surface area contributed by atoms with Gasteiger partial charge >= 0.3 is 5.97 Å². The first kappa shape index (κ1) is 16.2. The van der Waals surface area contributed by atoms with Crippen molar-refractivity contribution in [2.45, 2.75) is 19.4 Å². The van der Waals surface area contributed by atoms with E-state index < -0.39 is 27.5 Å². The van der Waals surface area contributed by atoms with E-state index in [0.717, 1.165) is 5.56 Å². The Bertz CT molecular complexity index is 553. The maximum Gasteiger partial charge on any atom is 0.303 e. The molecule has 1 amide bonds. The van der Waals surface area contributed by atoms with E-state index in [1.807, 2.05) is 30.3 Å². The van der Waals surface area contributed by atoms with E-state index in [-0.39, 0.29) is 25.1 Å². The third-order valence-electron chi connectivity index (χ3n) is 2.53. The van der Waals surface area contributed by atoms with Gasteiger partial charge in [-0.2, -0.15) is 0 Å². The van der Waals surface area contributed by atoms with E-state index in [4.69, 9.17) is 5.11 Å². The summed E-state index contributed by atoms with van der Waals surface area (Å²) >= 11 is 0. The molecule has 0 saturated heterocycles. The highest BCUT2D eigenvalue weighted by molar-refractivity contribution is 7.92. The summed E-state index contributed by atoms with van der Waals surface area (Å²) in [6, 6.07) is 9.13. The van der Waals surface area contributed by atoms with Crippen LogP contribution in [0.25, 0.3) is 0 Å². The summed E-state index contributed by atoms with van der Waals surface area (Å²) in [5, 5.41) is 10.9. The third kappa shape index (κ3) is 6.89. The Kier molecular flexibility index (Phi) is 6.17. The zero-order valence-corrected chi connectivity index (χ0v) is 11.7. The topological polar surface area (TPSA) is 101 Å². The van der Waals surface area contributed by atoms with Gasteiger partial charge in [0.05, 0.1) is 5.75 Å². The normalized spacial score (nSPS) is 11.0. The van der Waals surface area contributed by atoms with Crippen molar-refractivity contribution >= 4 is 21.7 Å². The highest BCUT2D eigenvalue weighted by Gasteiger charge is 2.16. The lowest BCUT2D eigenvalue weighted by molar-refractivity contribution is -0.137. The zero-order chi connectivity index (χ0) is 15.0. The van der Waals surface area contributed by atoms with Crippen molar-refractivity contribution in [2.24, 2.45) is 0 Å². The fraction of sp³-hybridized carbons (Fsp3) is 0.385. The quantitative estimate of drug-likeness (QED) is 0.731. The Labute approximate surface area is 117 Å². The Hall–Kier alpha value is -1.89. The molecule has 1 aromatic rings. The number of carbonyl (C=O) groups is 2. The van der Waals surface area contributed by atoms with E-state index in [2.05, 4.69) is 5.32 Å². The molecule has 0 fully saturated rings. The van der Waals surface area contributed by atoms with Crippen LogP contribution in [0.15, 0.2) is 30.3 Å². The van der Waals surface area contributed by atoms with Crippen LogP contribution < -0.4 is 5.32 Å². The van der Waals surface area contributed by atoms with E-state index in [0.29, 0.717) is 0 Å². The largest absolute Gasteiger partial charge is 0.481 e. The lowest BCUT2D eigenvalue weighted by atomic mass is 10.2. The molecule has 20 heavy (non-hydrogen) atoms. The number of carboxylic acid groups (broad SMARTS) is 1. The van der Waals surface area contributed by atoms with Crippen molar-refractivity contribution < 1.29 is 23.1 Å². The standard InChI is InChI=1S/C13H17NO5S/c15-12(14-9-11-5-2-1-3-6-11)10-20(18,19)8-4-7-13(16)17/h1-3,5-6H,4,7-10H2,(H,14,15)(H,16,17). The van der Waals surface area contributed by atoms with Gasteiger partial charge in [-0.25, -0.2) is 8.42 Å². The first-order chi connectivity index (χ1) is 9.39. The molecular weight excluding hydrogens is 282 g/mol. The Balaban J connectivity index is 2.35. The van der Waals surface area contributed by atoms with Crippen LogP contribution in [0.3, 0.4) is 0 Å². The van der Waals surface area contributed by atoms with Crippen LogP contribution >= 0.6 is 0 Å². The van der Waals surface area contributed by atoms with Crippen LogP contribution in [0, 0.1) is 0 Å². The molecule has 0 radical (unpaired) electrons. The monoisotopic (exact) mass is 299 g/mol. The number of amides is 1. The van der Waals surface area contributed by atoms with E-state index >= 15 is 0 Å². The minimum absolute atomic E-state index is 0.0175. The summed E-state index contributed by atoms with van der Waals surface area (Å²) in [5.74, 6) is -2.53. The van der Waals surface area contributed by atoms with Crippen LogP contribution in [-0.2, 0) is 26.0 Å². The molecule has 0 aliphatic heterocycles. The van der Waals surface area contributed by atoms with Crippen LogP contribution in [0.2, 0.25) is 0 Å². The summed E-state index contributed by atoms with van der Waals surface area (Å²) in [5.41, 5.74) is 0.879. The summed E-state index contributed by atoms with van der Waals surface area (Å²) in [6.45, 7) is 0.268. The maximum atomic E-state index is 11.6. The number of hydrogen-bond acceptors (Lipinski definition) is 4. The smallest absolute Gasteiger partial charge is 0.303 e. The maximum absolute atomic E-state index is 11.6. The second-order valence-electron chi connectivity index (χ2n) is 4.35.